The molecule has 2 N–H and O–H groups in total. The molecule has 0 bridgehead atoms. The zero-order chi connectivity index (χ0) is 22.9. The molecular formula is C25H31N5O3. The Morgan fingerprint density at radius 2 is 1.18 bits per heavy atom. The number of benzene rings is 2. The molecule has 0 aliphatic heterocycles. The van der Waals surface area contributed by atoms with E-state index in [9.17, 15) is 0 Å². The third-order valence-electron chi connectivity index (χ3n) is 5.66. The van der Waals surface area contributed by atoms with E-state index in [4.69, 9.17) is 14.2 Å². The SMILES string of the molecule is COc1ccc(CNc2nc(NCc3ccc(OC)cc3)nc(OC3CCCCC3)n2)cc1. The molecule has 3 aromatic rings. The molecule has 0 unspecified atom stereocenters. The average Bonchev–Trinajstić information content (AvgIpc) is 2.87. The van der Waals surface area contributed by atoms with Gasteiger partial charge in [0.25, 0.3) is 0 Å². The van der Waals surface area contributed by atoms with Crippen molar-refractivity contribution in [1.82, 2.24) is 15.0 Å². The first-order valence-electron chi connectivity index (χ1n) is 11.4. The van der Waals surface area contributed by atoms with E-state index in [1.165, 1.54) is 19.3 Å². The van der Waals surface area contributed by atoms with Crippen LogP contribution in [-0.2, 0) is 13.1 Å². The quantitative estimate of drug-likeness (QED) is 0.455. The molecule has 4 rings (SSSR count). The van der Waals surface area contributed by atoms with Crippen molar-refractivity contribution in [3.05, 3.63) is 59.7 Å². The standard InChI is InChI=1S/C25H31N5O3/c1-31-20-12-8-18(9-13-20)16-26-23-28-24(27-17-19-10-14-21(32-2)15-11-19)30-25(29-23)33-22-6-4-3-5-7-22/h8-15,22H,3-7,16-17H2,1-2H3,(H2,26,27,28,29,30). The molecule has 1 fully saturated rings. The summed E-state index contributed by atoms with van der Waals surface area (Å²) in [6, 6.07) is 16.1. The molecule has 8 heteroatoms. The van der Waals surface area contributed by atoms with Crippen LogP contribution in [0.3, 0.4) is 0 Å². The number of hydrogen-bond donors (Lipinski definition) is 2. The lowest BCUT2D eigenvalue weighted by Gasteiger charge is -2.22. The summed E-state index contributed by atoms with van der Waals surface area (Å²) >= 11 is 0. The summed E-state index contributed by atoms with van der Waals surface area (Å²) in [5, 5.41) is 6.58. The largest absolute Gasteiger partial charge is 0.497 e. The minimum atomic E-state index is 0.157. The van der Waals surface area contributed by atoms with Gasteiger partial charge in [0.1, 0.15) is 17.6 Å². The number of anilines is 2. The Hall–Kier alpha value is -3.55. The van der Waals surface area contributed by atoms with Crippen molar-refractivity contribution < 1.29 is 14.2 Å². The van der Waals surface area contributed by atoms with Gasteiger partial charge in [-0.2, -0.15) is 15.0 Å². The van der Waals surface area contributed by atoms with Gasteiger partial charge in [0.2, 0.25) is 11.9 Å². The Morgan fingerprint density at radius 1 is 0.697 bits per heavy atom. The van der Waals surface area contributed by atoms with Gasteiger partial charge in [0, 0.05) is 13.1 Å². The maximum atomic E-state index is 6.13. The fourth-order valence-corrected chi connectivity index (χ4v) is 3.75. The Morgan fingerprint density at radius 3 is 1.64 bits per heavy atom. The molecule has 1 heterocycles. The van der Waals surface area contributed by atoms with Crippen molar-refractivity contribution >= 4 is 11.9 Å². The molecule has 0 atom stereocenters. The second kappa shape index (κ2) is 11.4. The Balaban J connectivity index is 1.46. The lowest BCUT2D eigenvalue weighted by molar-refractivity contribution is 0.142. The van der Waals surface area contributed by atoms with Gasteiger partial charge in [-0.3, -0.25) is 0 Å². The second-order valence-electron chi connectivity index (χ2n) is 8.05. The Labute approximate surface area is 194 Å². The zero-order valence-corrected chi connectivity index (χ0v) is 19.2. The van der Waals surface area contributed by atoms with Gasteiger partial charge in [-0.05, 0) is 61.1 Å². The normalized spacial score (nSPS) is 13.9. The minimum absolute atomic E-state index is 0.157. The number of nitrogens with one attached hydrogen (secondary N) is 2. The summed E-state index contributed by atoms with van der Waals surface area (Å²) < 4.78 is 16.6. The van der Waals surface area contributed by atoms with Crippen molar-refractivity contribution in [3.63, 3.8) is 0 Å². The third kappa shape index (κ3) is 6.71. The lowest BCUT2D eigenvalue weighted by atomic mass is 9.98. The summed E-state index contributed by atoms with van der Waals surface area (Å²) in [5.74, 6) is 2.60. The third-order valence-corrected chi connectivity index (χ3v) is 5.66. The predicted octanol–water partition coefficient (Wildman–Crippen LogP) is 4.82. The molecule has 1 saturated carbocycles. The summed E-state index contributed by atoms with van der Waals surface area (Å²) in [5.41, 5.74) is 2.19. The van der Waals surface area contributed by atoms with Crippen LogP contribution in [0, 0.1) is 0 Å². The first-order chi connectivity index (χ1) is 16.2. The molecule has 0 spiro atoms. The molecule has 8 nitrogen and oxygen atoms in total. The van der Waals surface area contributed by atoms with Gasteiger partial charge in [-0.25, -0.2) is 0 Å². The molecule has 174 valence electrons. The first-order valence-corrected chi connectivity index (χ1v) is 11.4. The van der Waals surface area contributed by atoms with Crippen LogP contribution >= 0.6 is 0 Å². The average molecular weight is 450 g/mol. The molecule has 0 radical (unpaired) electrons. The van der Waals surface area contributed by atoms with Gasteiger partial charge >= 0.3 is 6.01 Å². The van der Waals surface area contributed by atoms with E-state index >= 15 is 0 Å². The molecule has 33 heavy (non-hydrogen) atoms. The van der Waals surface area contributed by atoms with Crippen molar-refractivity contribution in [2.75, 3.05) is 24.9 Å². The van der Waals surface area contributed by atoms with Crippen molar-refractivity contribution in [3.8, 4) is 17.5 Å². The Bertz CT molecular complexity index is 936. The summed E-state index contributed by atoms with van der Waals surface area (Å²) in [6.45, 7) is 1.16. The number of ether oxygens (including phenoxy) is 3. The highest BCUT2D eigenvalue weighted by molar-refractivity contribution is 5.38. The van der Waals surface area contributed by atoms with Crippen LogP contribution in [0.2, 0.25) is 0 Å². The number of nitrogens with zero attached hydrogens (tertiary/aromatic N) is 3. The number of hydrogen-bond acceptors (Lipinski definition) is 8. The maximum Gasteiger partial charge on any atom is 0.323 e. The molecule has 1 aromatic heterocycles. The number of rotatable bonds is 10. The number of methoxy groups -OCH3 is 2. The van der Waals surface area contributed by atoms with Crippen LogP contribution in [0.5, 0.6) is 17.5 Å². The van der Waals surface area contributed by atoms with E-state index in [2.05, 4.69) is 25.6 Å². The van der Waals surface area contributed by atoms with Crippen LogP contribution < -0.4 is 24.8 Å². The lowest BCUT2D eigenvalue weighted by Crippen LogP contribution is -2.21. The van der Waals surface area contributed by atoms with Gasteiger partial charge in [0.15, 0.2) is 0 Å². The second-order valence-corrected chi connectivity index (χ2v) is 8.05. The highest BCUT2D eigenvalue weighted by Gasteiger charge is 2.17. The summed E-state index contributed by atoms with van der Waals surface area (Å²) in [4.78, 5) is 13.6. The topological polar surface area (TPSA) is 90.4 Å². The maximum absolute atomic E-state index is 6.13. The minimum Gasteiger partial charge on any atom is -0.497 e. The van der Waals surface area contributed by atoms with E-state index in [0.717, 1.165) is 35.5 Å². The molecule has 0 amide bonds. The Kier molecular flexibility index (Phi) is 7.79. The molecule has 2 aromatic carbocycles. The van der Waals surface area contributed by atoms with Crippen LogP contribution in [0.25, 0.3) is 0 Å². The molecule has 1 aliphatic carbocycles. The molecule has 0 saturated heterocycles. The van der Waals surface area contributed by atoms with E-state index in [1.807, 2.05) is 48.5 Å². The van der Waals surface area contributed by atoms with Gasteiger partial charge in [-0.15, -0.1) is 0 Å². The van der Waals surface area contributed by atoms with E-state index in [0.29, 0.717) is 31.0 Å². The zero-order valence-electron chi connectivity index (χ0n) is 19.2. The van der Waals surface area contributed by atoms with Crippen LogP contribution in [0.15, 0.2) is 48.5 Å². The van der Waals surface area contributed by atoms with Crippen molar-refractivity contribution in [2.45, 2.75) is 51.3 Å². The fraction of sp³-hybridized carbons (Fsp3) is 0.400. The van der Waals surface area contributed by atoms with Crippen molar-refractivity contribution in [2.24, 2.45) is 0 Å². The summed E-state index contributed by atoms with van der Waals surface area (Å²) in [7, 11) is 3.32. The van der Waals surface area contributed by atoms with Crippen molar-refractivity contribution in [1.29, 1.82) is 0 Å². The number of aromatic nitrogens is 3. The van der Waals surface area contributed by atoms with Gasteiger partial charge in [0.05, 0.1) is 14.2 Å². The van der Waals surface area contributed by atoms with Crippen LogP contribution in [-0.4, -0.2) is 35.3 Å². The van der Waals surface area contributed by atoms with E-state index < -0.39 is 0 Å². The summed E-state index contributed by atoms with van der Waals surface area (Å²) in [6.07, 6.45) is 5.86. The smallest absolute Gasteiger partial charge is 0.323 e. The van der Waals surface area contributed by atoms with E-state index in [-0.39, 0.29) is 6.10 Å². The predicted molar refractivity (Wildman–Crippen MR) is 128 cm³/mol. The highest BCUT2D eigenvalue weighted by Crippen LogP contribution is 2.23. The van der Waals surface area contributed by atoms with E-state index in [1.54, 1.807) is 14.2 Å². The first kappa shape index (κ1) is 22.6. The fourth-order valence-electron chi connectivity index (χ4n) is 3.75. The molecular weight excluding hydrogens is 418 g/mol. The van der Waals surface area contributed by atoms with Crippen LogP contribution in [0.4, 0.5) is 11.9 Å². The highest BCUT2D eigenvalue weighted by atomic mass is 16.5. The van der Waals surface area contributed by atoms with Crippen LogP contribution in [0.1, 0.15) is 43.2 Å². The molecule has 1 aliphatic rings. The monoisotopic (exact) mass is 449 g/mol. The van der Waals surface area contributed by atoms with Gasteiger partial charge in [-0.1, -0.05) is 30.7 Å². The van der Waals surface area contributed by atoms with Gasteiger partial charge < -0.3 is 24.8 Å².